The van der Waals surface area contributed by atoms with Gasteiger partial charge in [0.25, 0.3) is 0 Å². The van der Waals surface area contributed by atoms with E-state index in [4.69, 9.17) is 16.3 Å². The predicted octanol–water partition coefficient (Wildman–Crippen LogP) is 3.24. The van der Waals surface area contributed by atoms with Crippen LogP contribution in [0.4, 0.5) is 5.69 Å². The van der Waals surface area contributed by atoms with Crippen LogP contribution in [-0.4, -0.2) is 55.6 Å². The lowest BCUT2D eigenvalue weighted by molar-refractivity contribution is -0.117. The maximum absolute atomic E-state index is 12.3. The second-order valence-electron chi connectivity index (χ2n) is 6.94. The number of morpholine rings is 1. The van der Waals surface area contributed by atoms with E-state index in [2.05, 4.69) is 22.3 Å². The number of halogens is 1. The molecule has 1 aliphatic rings. The molecule has 2 aromatic carbocycles. The first-order chi connectivity index (χ1) is 13.1. The van der Waals surface area contributed by atoms with E-state index in [1.54, 1.807) is 0 Å². The molecule has 144 valence electrons. The molecule has 6 heteroatoms. The molecule has 0 atom stereocenters. The Morgan fingerprint density at radius 1 is 1.15 bits per heavy atom. The maximum atomic E-state index is 12.3. The highest BCUT2D eigenvalue weighted by molar-refractivity contribution is 6.30. The Labute approximate surface area is 165 Å². The molecule has 0 radical (unpaired) electrons. The highest BCUT2D eigenvalue weighted by atomic mass is 35.5. The molecule has 27 heavy (non-hydrogen) atoms. The van der Waals surface area contributed by atoms with E-state index in [-0.39, 0.29) is 5.91 Å². The van der Waals surface area contributed by atoms with Crippen molar-refractivity contribution in [2.45, 2.75) is 13.1 Å². The first kappa shape index (κ1) is 19.8. The van der Waals surface area contributed by atoms with Crippen LogP contribution in [0.25, 0.3) is 0 Å². The number of carbonyl (C=O) groups excluding carboxylic acids is 1. The molecule has 0 aliphatic carbocycles. The van der Waals surface area contributed by atoms with Crippen LogP contribution in [0.3, 0.4) is 0 Å². The van der Waals surface area contributed by atoms with Gasteiger partial charge in [-0.15, -0.1) is 0 Å². The Morgan fingerprint density at radius 3 is 2.59 bits per heavy atom. The largest absolute Gasteiger partial charge is 0.379 e. The third kappa shape index (κ3) is 6.63. The Bertz CT molecular complexity index is 745. The van der Waals surface area contributed by atoms with Gasteiger partial charge >= 0.3 is 0 Å². The monoisotopic (exact) mass is 387 g/mol. The van der Waals surface area contributed by atoms with Crippen LogP contribution >= 0.6 is 11.6 Å². The zero-order chi connectivity index (χ0) is 19.1. The summed E-state index contributed by atoms with van der Waals surface area (Å²) in [6.45, 7) is 5.46. The molecule has 0 aromatic heterocycles. The zero-order valence-corrected chi connectivity index (χ0v) is 16.4. The van der Waals surface area contributed by atoms with E-state index in [0.717, 1.165) is 44.1 Å². The second kappa shape index (κ2) is 9.85. The maximum Gasteiger partial charge on any atom is 0.238 e. The third-order valence-electron chi connectivity index (χ3n) is 4.50. The summed E-state index contributed by atoms with van der Waals surface area (Å²) in [5.41, 5.74) is 3.15. The van der Waals surface area contributed by atoms with Crippen molar-refractivity contribution >= 4 is 23.2 Å². The molecule has 1 fully saturated rings. The molecule has 1 N–H and O–H groups in total. The van der Waals surface area contributed by atoms with E-state index >= 15 is 0 Å². The molecule has 1 saturated heterocycles. The summed E-state index contributed by atoms with van der Waals surface area (Å²) >= 11 is 6.01. The smallest absolute Gasteiger partial charge is 0.238 e. The van der Waals surface area contributed by atoms with Crippen molar-refractivity contribution < 1.29 is 9.53 Å². The lowest BCUT2D eigenvalue weighted by Gasteiger charge is -2.26. The van der Waals surface area contributed by atoms with Gasteiger partial charge in [0, 0.05) is 36.9 Å². The van der Waals surface area contributed by atoms with Crippen LogP contribution in [0.2, 0.25) is 5.02 Å². The van der Waals surface area contributed by atoms with Gasteiger partial charge < -0.3 is 10.1 Å². The zero-order valence-electron chi connectivity index (χ0n) is 15.7. The summed E-state index contributed by atoms with van der Waals surface area (Å²) in [5, 5.41) is 3.67. The summed E-state index contributed by atoms with van der Waals surface area (Å²) in [7, 11) is 1.92. The fourth-order valence-electron chi connectivity index (χ4n) is 3.16. The summed E-state index contributed by atoms with van der Waals surface area (Å²) in [4.78, 5) is 16.6. The summed E-state index contributed by atoms with van der Waals surface area (Å²) in [5.74, 6) is -0.0274. The minimum Gasteiger partial charge on any atom is -0.379 e. The van der Waals surface area contributed by atoms with Gasteiger partial charge in [-0.25, -0.2) is 0 Å². The van der Waals surface area contributed by atoms with E-state index in [9.17, 15) is 4.79 Å². The number of nitrogens with one attached hydrogen (secondary N) is 1. The number of ether oxygens (including phenoxy) is 1. The third-order valence-corrected chi connectivity index (χ3v) is 4.74. The molecule has 2 aromatic rings. The van der Waals surface area contributed by atoms with Crippen LogP contribution in [0, 0.1) is 0 Å². The molecule has 0 bridgehead atoms. The quantitative estimate of drug-likeness (QED) is 0.792. The van der Waals surface area contributed by atoms with Crippen LogP contribution in [0.1, 0.15) is 11.1 Å². The number of benzene rings is 2. The minimum absolute atomic E-state index is 0.0274. The predicted molar refractivity (Wildman–Crippen MR) is 109 cm³/mol. The standard InChI is InChI=1S/C21H26ClN3O2/c1-24(14-18-3-2-4-19(22)13-18)16-21(26)23-20-7-5-17(6-8-20)15-25-9-11-27-12-10-25/h2-8,13H,9-12,14-16H2,1H3,(H,23,26). The van der Waals surface area contributed by atoms with E-state index in [1.165, 1.54) is 5.56 Å². The van der Waals surface area contributed by atoms with Gasteiger partial charge in [-0.1, -0.05) is 35.9 Å². The summed E-state index contributed by atoms with van der Waals surface area (Å²) < 4.78 is 5.38. The van der Waals surface area contributed by atoms with Gasteiger partial charge in [0.1, 0.15) is 0 Å². The van der Waals surface area contributed by atoms with Crippen molar-refractivity contribution in [2.75, 3.05) is 45.2 Å². The molecule has 0 saturated carbocycles. The number of carbonyl (C=O) groups is 1. The van der Waals surface area contributed by atoms with Crippen molar-refractivity contribution in [3.05, 3.63) is 64.7 Å². The van der Waals surface area contributed by atoms with Crippen molar-refractivity contribution in [1.29, 1.82) is 0 Å². The topological polar surface area (TPSA) is 44.8 Å². The number of rotatable bonds is 7. The number of hydrogen-bond donors (Lipinski definition) is 1. The van der Waals surface area contributed by atoms with Gasteiger partial charge in [-0.3, -0.25) is 14.6 Å². The summed E-state index contributed by atoms with van der Waals surface area (Å²) in [6, 6.07) is 15.8. The summed E-state index contributed by atoms with van der Waals surface area (Å²) in [6.07, 6.45) is 0. The van der Waals surface area contributed by atoms with Gasteiger partial charge in [0.15, 0.2) is 0 Å². The average molecular weight is 388 g/mol. The first-order valence-electron chi connectivity index (χ1n) is 9.20. The van der Waals surface area contributed by atoms with Crippen LogP contribution in [0.15, 0.2) is 48.5 Å². The average Bonchev–Trinajstić information content (AvgIpc) is 2.64. The van der Waals surface area contributed by atoms with Gasteiger partial charge in [-0.2, -0.15) is 0 Å². The number of nitrogens with zero attached hydrogens (tertiary/aromatic N) is 2. The normalized spacial score (nSPS) is 15.1. The van der Waals surface area contributed by atoms with Gasteiger partial charge in [0.2, 0.25) is 5.91 Å². The molecule has 0 spiro atoms. The molecule has 1 amide bonds. The molecule has 1 heterocycles. The first-order valence-corrected chi connectivity index (χ1v) is 9.58. The van der Waals surface area contributed by atoms with Crippen molar-refractivity contribution in [3.63, 3.8) is 0 Å². The van der Waals surface area contributed by atoms with E-state index in [1.807, 2.05) is 48.3 Å². The minimum atomic E-state index is -0.0274. The molecule has 5 nitrogen and oxygen atoms in total. The van der Waals surface area contributed by atoms with Crippen molar-refractivity contribution in [3.8, 4) is 0 Å². The van der Waals surface area contributed by atoms with Crippen LogP contribution in [-0.2, 0) is 22.6 Å². The van der Waals surface area contributed by atoms with E-state index < -0.39 is 0 Å². The van der Waals surface area contributed by atoms with Gasteiger partial charge in [-0.05, 0) is 42.4 Å². The lowest BCUT2D eigenvalue weighted by Crippen LogP contribution is -2.35. The fourth-order valence-corrected chi connectivity index (χ4v) is 3.37. The Morgan fingerprint density at radius 2 is 1.89 bits per heavy atom. The molecule has 0 unspecified atom stereocenters. The number of hydrogen-bond acceptors (Lipinski definition) is 4. The number of likely N-dealkylation sites (N-methyl/N-ethyl adjacent to an activating group) is 1. The second-order valence-corrected chi connectivity index (χ2v) is 7.37. The van der Waals surface area contributed by atoms with Crippen LogP contribution in [0.5, 0.6) is 0 Å². The number of amides is 1. The Kier molecular flexibility index (Phi) is 7.24. The molecular formula is C21H26ClN3O2. The highest BCUT2D eigenvalue weighted by Crippen LogP contribution is 2.14. The lowest BCUT2D eigenvalue weighted by atomic mass is 10.2. The highest BCUT2D eigenvalue weighted by Gasteiger charge is 2.11. The Hall–Kier alpha value is -1.92. The van der Waals surface area contributed by atoms with Gasteiger partial charge in [0.05, 0.1) is 19.8 Å². The van der Waals surface area contributed by atoms with Crippen molar-refractivity contribution in [1.82, 2.24) is 9.80 Å². The molecular weight excluding hydrogens is 362 g/mol. The Balaban J connectivity index is 1.45. The fraction of sp³-hybridized carbons (Fsp3) is 0.381. The van der Waals surface area contributed by atoms with E-state index in [0.29, 0.717) is 18.1 Å². The molecule has 1 aliphatic heterocycles. The molecule has 3 rings (SSSR count). The van der Waals surface area contributed by atoms with Crippen LogP contribution < -0.4 is 5.32 Å². The number of anilines is 1. The van der Waals surface area contributed by atoms with Crippen molar-refractivity contribution in [2.24, 2.45) is 0 Å². The SMILES string of the molecule is CN(CC(=O)Nc1ccc(CN2CCOCC2)cc1)Cc1cccc(Cl)c1.